The van der Waals surface area contributed by atoms with Gasteiger partial charge in [-0.05, 0) is 30.2 Å². The lowest BCUT2D eigenvalue weighted by Crippen LogP contribution is -2.22. The van der Waals surface area contributed by atoms with E-state index >= 15 is 0 Å². The van der Waals surface area contributed by atoms with Gasteiger partial charge in [-0.25, -0.2) is 0 Å². The molecule has 0 radical (unpaired) electrons. The summed E-state index contributed by atoms with van der Waals surface area (Å²) in [5.74, 6) is 2.42. The summed E-state index contributed by atoms with van der Waals surface area (Å²) in [6.45, 7) is 8.05. The average Bonchev–Trinajstić information content (AvgIpc) is 3.05. The van der Waals surface area contributed by atoms with Gasteiger partial charge in [-0.15, -0.1) is 10.2 Å². The number of nitrogens with one attached hydrogen (secondary N) is 2. The molecule has 0 spiro atoms. The Balaban J connectivity index is 1.58. The van der Waals surface area contributed by atoms with Crippen LogP contribution in [0.25, 0.3) is 0 Å². The zero-order valence-corrected chi connectivity index (χ0v) is 16.0. The van der Waals surface area contributed by atoms with E-state index in [0.717, 1.165) is 29.6 Å². The summed E-state index contributed by atoms with van der Waals surface area (Å²) in [5, 5.41) is 15.6. The molecule has 0 amide bonds. The Hall–Kier alpha value is -2.64. The third-order valence-corrected chi connectivity index (χ3v) is 4.08. The number of rotatable bonds is 10. The Labute approximate surface area is 160 Å². The van der Waals surface area contributed by atoms with Crippen LogP contribution in [0.3, 0.4) is 0 Å². The van der Waals surface area contributed by atoms with Gasteiger partial charge in [0.1, 0.15) is 11.6 Å². The molecule has 0 fully saturated rings. The Kier molecular flexibility index (Phi) is 7.01. The maximum absolute atomic E-state index is 4.40. The highest BCUT2D eigenvalue weighted by Crippen LogP contribution is 2.08. The minimum Gasteiger partial charge on any atom is -0.313 e. The molecule has 0 aliphatic rings. The summed E-state index contributed by atoms with van der Waals surface area (Å²) >= 11 is 0. The summed E-state index contributed by atoms with van der Waals surface area (Å²) in [4.78, 5) is 8.67. The van der Waals surface area contributed by atoms with Crippen molar-refractivity contribution in [2.45, 2.75) is 46.6 Å². The lowest BCUT2D eigenvalue weighted by molar-refractivity contribution is 0.473. The van der Waals surface area contributed by atoms with Crippen LogP contribution in [-0.2, 0) is 32.7 Å². The van der Waals surface area contributed by atoms with Gasteiger partial charge in [0.2, 0.25) is 0 Å². The van der Waals surface area contributed by atoms with Gasteiger partial charge in [-0.3, -0.25) is 9.97 Å². The summed E-state index contributed by atoms with van der Waals surface area (Å²) < 4.78 is 2.21. The van der Waals surface area contributed by atoms with Gasteiger partial charge in [0.05, 0.1) is 24.5 Å². The van der Waals surface area contributed by atoms with Crippen molar-refractivity contribution in [3.05, 3.63) is 71.8 Å². The van der Waals surface area contributed by atoms with Crippen molar-refractivity contribution in [1.82, 2.24) is 35.4 Å². The van der Waals surface area contributed by atoms with Crippen LogP contribution in [0.2, 0.25) is 0 Å². The quantitative estimate of drug-likeness (QED) is 0.574. The maximum Gasteiger partial charge on any atom is 0.147 e. The molecule has 2 N–H and O–H groups in total. The van der Waals surface area contributed by atoms with Crippen molar-refractivity contribution in [3.8, 4) is 0 Å². The third-order valence-electron chi connectivity index (χ3n) is 4.08. The van der Waals surface area contributed by atoms with Crippen LogP contribution in [0.15, 0.2) is 48.8 Å². The number of hydrogen-bond acceptors (Lipinski definition) is 6. The molecular weight excluding hydrogens is 338 g/mol. The van der Waals surface area contributed by atoms with Crippen molar-refractivity contribution in [2.24, 2.45) is 5.92 Å². The highest BCUT2D eigenvalue weighted by molar-refractivity contribution is 5.05. The molecule has 0 atom stereocenters. The SMILES string of the molecule is CC(C)Cn1c(CNCc2ccccn2)nnc1CNCc1ccccn1. The van der Waals surface area contributed by atoms with Crippen LogP contribution in [0, 0.1) is 5.92 Å². The van der Waals surface area contributed by atoms with E-state index in [1.165, 1.54) is 0 Å². The molecule has 0 saturated carbocycles. The first kappa shape index (κ1) is 19.1. The molecule has 142 valence electrons. The predicted octanol–water partition coefficient (Wildman–Crippen LogP) is 2.30. The second-order valence-electron chi connectivity index (χ2n) is 6.89. The number of aromatic nitrogens is 5. The molecule has 3 rings (SSSR count). The van der Waals surface area contributed by atoms with Gasteiger partial charge in [-0.2, -0.15) is 0 Å². The largest absolute Gasteiger partial charge is 0.313 e. The van der Waals surface area contributed by atoms with Gasteiger partial charge in [0.15, 0.2) is 0 Å². The Morgan fingerprint density at radius 1 is 0.778 bits per heavy atom. The number of nitrogens with zero attached hydrogens (tertiary/aromatic N) is 5. The van der Waals surface area contributed by atoms with E-state index in [1.54, 1.807) is 0 Å². The van der Waals surface area contributed by atoms with Crippen molar-refractivity contribution in [2.75, 3.05) is 0 Å². The molecule has 0 unspecified atom stereocenters. The zero-order chi connectivity index (χ0) is 18.9. The fraction of sp³-hybridized carbons (Fsp3) is 0.400. The predicted molar refractivity (Wildman–Crippen MR) is 104 cm³/mol. The average molecular weight is 365 g/mol. The summed E-state index contributed by atoms with van der Waals surface area (Å²) in [5.41, 5.74) is 2.04. The molecule has 0 aliphatic carbocycles. The summed E-state index contributed by atoms with van der Waals surface area (Å²) in [7, 11) is 0. The van der Waals surface area contributed by atoms with Gasteiger partial charge >= 0.3 is 0 Å². The molecule has 27 heavy (non-hydrogen) atoms. The van der Waals surface area contributed by atoms with Crippen molar-refractivity contribution in [3.63, 3.8) is 0 Å². The fourth-order valence-electron chi connectivity index (χ4n) is 2.82. The van der Waals surface area contributed by atoms with E-state index in [9.17, 15) is 0 Å². The summed E-state index contributed by atoms with van der Waals surface area (Å²) in [6, 6.07) is 11.9. The molecule has 7 nitrogen and oxygen atoms in total. The molecule has 0 bridgehead atoms. The second-order valence-corrected chi connectivity index (χ2v) is 6.89. The molecule has 0 aliphatic heterocycles. The molecule has 0 saturated heterocycles. The van der Waals surface area contributed by atoms with Crippen LogP contribution < -0.4 is 10.6 Å². The van der Waals surface area contributed by atoms with Crippen molar-refractivity contribution >= 4 is 0 Å². The minimum atomic E-state index is 0.519. The van der Waals surface area contributed by atoms with E-state index in [4.69, 9.17) is 0 Å². The molecule has 3 aromatic heterocycles. The van der Waals surface area contributed by atoms with Gasteiger partial charge in [0.25, 0.3) is 0 Å². The zero-order valence-electron chi connectivity index (χ0n) is 16.0. The van der Waals surface area contributed by atoms with Crippen LogP contribution in [-0.4, -0.2) is 24.7 Å². The molecule has 3 heterocycles. The first-order chi connectivity index (χ1) is 13.2. The first-order valence-electron chi connectivity index (χ1n) is 9.34. The molecular formula is C20H27N7. The van der Waals surface area contributed by atoms with E-state index in [-0.39, 0.29) is 0 Å². The normalized spacial score (nSPS) is 11.2. The number of pyridine rings is 2. The van der Waals surface area contributed by atoms with Crippen LogP contribution in [0.1, 0.15) is 36.9 Å². The van der Waals surface area contributed by atoms with E-state index in [2.05, 4.69) is 49.2 Å². The van der Waals surface area contributed by atoms with Gasteiger partial charge in [-0.1, -0.05) is 26.0 Å². The molecule has 3 aromatic rings. The van der Waals surface area contributed by atoms with Crippen LogP contribution >= 0.6 is 0 Å². The third kappa shape index (κ3) is 5.94. The number of hydrogen-bond donors (Lipinski definition) is 2. The highest BCUT2D eigenvalue weighted by Gasteiger charge is 2.13. The van der Waals surface area contributed by atoms with Crippen LogP contribution in [0.5, 0.6) is 0 Å². The Bertz CT molecular complexity index is 737. The lowest BCUT2D eigenvalue weighted by Gasteiger charge is -2.13. The molecule has 7 heteroatoms. The van der Waals surface area contributed by atoms with E-state index in [1.807, 2.05) is 48.8 Å². The Morgan fingerprint density at radius 3 is 1.70 bits per heavy atom. The Morgan fingerprint density at radius 2 is 1.30 bits per heavy atom. The first-order valence-corrected chi connectivity index (χ1v) is 9.34. The lowest BCUT2D eigenvalue weighted by atomic mass is 10.2. The van der Waals surface area contributed by atoms with E-state index < -0.39 is 0 Å². The minimum absolute atomic E-state index is 0.519. The van der Waals surface area contributed by atoms with Crippen molar-refractivity contribution < 1.29 is 0 Å². The topological polar surface area (TPSA) is 80.5 Å². The van der Waals surface area contributed by atoms with E-state index in [0.29, 0.717) is 32.1 Å². The monoisotopic (exact) mass is 365 g/mol. The fourth-order valence-corrected chi connectivity index (χ4v) is 2.82. The highest BCUT2D eigenvalue weighted by atomic mass is 15.3. The smallest absolute Gasteiger partial charge is 0.147 e. The second kappa shape index (κ2) is 9.89. The molecule has 0 aromatic carbocycles. The maximum atomic E-state index is 4.40. The van der Waals surface area contributed by atoms with Crippen molar-refractivity contribution in [1.29, 1.82) is 0 Å². The summed E-state index contributed by atoms with van der Waals surface area (Å²) in [6.07, 6.45) is 3.62. The standard InChI is InChI=1S/C20H27N7/c1-16(2)15-27-19(13-21-11-17-7-3-5-9-23-17)25-26-20(27)14-22-12-18-8-4-6-10-24-18/h3-10,16,21-22H,11-15H2,1-2H3. The van der Waals surface area contributed by atoms with Gasteiger partial charge in [0, 0.05) is 32.0 Å². The van der Waals surface area contributed by atoms with Crippen LogP contribution in [0.4, 0.5) is 0 Å². The van der Waals surface area contributed by atoms with Gasteiger partial charge < -0.3 is 15.2 Å².